The molecule has 1 N–H and O–H groups in total. The van der Waals surface area contributed by atoms with Gasteiger partial charge in [0.05, 0.1) is 11.7 Å². The summed E-state index contributed by atoms with van der Waals surface area (Å²) < 4.78 is 11.1. The second kappa shape index (κ2) is 10.7. The molecule has 35 heavy (non-hydrogen) atoms. The molecule has 180 valence electrons. The van der Waals surface area contributed by atoms with Gasteiger partial charge in [-0.2, -0.15) is 0 Å². The van der Waals surface area contributed by atoms with Crippen LogP contribution in [0.25, 0.3) is 10.9 Å². The number of aromatic nitrogens is 2. The van der Waals surface area contributed by atoms with Crippen molar-refractivity contribution in [3.8, 4) is 5.75 Å². The third-order valence-corrected chi connectivity index (χ3v) is 6.57. The minimum absolute atomic E-state index is 0.207. The van der Waals surface area contributed by atoms with Crippen LogP contribution in [0.3, 0.4) is 0 Å². The maximum atomic E-state index is 12.2. The number of nitrogens with one attached hydrogen (secondary N) is 1. The van der Waals surface area contributed by atoms with Gasteiger partial charge in [-0.1, -0.05) is 23.4 Å². The van der Waals surface area contributed by atoms with Crippen LogP contribution in [0.1, 0.15) is 34.7 Å². The number of carbonyl (C=O) groups is 1. The number of likely N-dealkylation sites (tertiary alicyclic amines) is 1. The summed E-state index contributed by atoms with van der Waals surface area (Å²) in [6.07, 6.45) is 4.79. The second-order valence-electron chi connectivity index (χ2n) is 9.14. The van der Waals surface area contributed by atoms with Crippen LogP contribution in [-0.2, 0) is 6.42 Å². The van der Waals surface area contributed by atoms with Crippen molar-refractivity contribution < 1.29 is 14.1 Å². The lowest BCUT2D eigenvalue weighted by atomic mass is 9.90. The number of nitrogens with zero attached hydrogens (tertiary/aromatic N) is 3. The number of rotatable bonds is 8. The molecule has 0 spiro atoms. The molecule has 7 nitrogen and oxygen atoms in total. The average molecular weight is 471 g/mol. The Bertz CT molecular complexity index is 1280. The van der Waals surface area contributed by atoms with Gasteiger partial charge in [-0.3, -0.25) is 14.7 Å². The third-order valence-electron chi connectivity index (χ3n) is 6.57. The van der Waals surface area contributed by atoms with Crippen molar-refractivity contribution in [1.29, 1.82) is 0 Å². The van der Waals surface area contributed by atoms with Crippen molar-refractivity contribution in [2.45, 2.75) is 26.2 Å². The molecule has 5 rings (SSSR count). The number of fused-ring (bicyclic) bond motifs is 1. The standard InChI is InChI=1S/C28H30N4O3/c1-20-8-9-24-25(30-20)6-3-7-26(24)34-17-16-32-14-11-21(12-15-32)18-22-4-2-5-23(19-22)31-28(33)27-10-13-29-35-27/h2-10,13,19,21H,11-12,14-18H2,1H3,(H,31,33). The monoisotopic (exact) mass is 470 g/mol. The third kappa shape index (κ3) is 5.87. The summed E-state index contributed by atoms with van der Waals surface area (Å²) in [5.74, 6) is 1.46. The Morgan fingerprint density at radius 1 is 1.11 bits per heavy atom. The highest BCUT2D eigenvalue weighted by molar-refractivity contribution is 6.02. The molecular formula is C28H30N4O3. The van der Waals surface area contributed by atoms with Crippen LogP contribution in [0.4, 0.5) is 5.69 Å². The molecule has 0 bridgehead atoms. The molecule has 1 saturated heterocycles. The Kier molecular flexibility index (Phi) is 7.04. The molecule has 7 heteroatoms. The van der Waals surface area contributed by atoms with Crippen molar-refractivity contribution in [2.24, 2.45) is 5.92 Å². The molecule has 2 aromatic heterocycles. The Morgan fingerprint density at radius 3 is 2.80 bits per heavy atom. The zero-order valence-corrected chi connectivity index (χ0v) is 19.9. The molecule has 1 amide bonds. The number of carbonyl (C=O) groups excluding carboxylic acids is 1. The van der Waals surface area contributed by atoms with E-state index in [1.807, 2.05) is 43.3 Å². The van der Waals surface area contributed by atoms with E-state index < -0.39 is 0 Å². The van der Waals surface area contributed by atoms with E-state index in [1.165, 1.54) is 11.8 Å². The molecule has 1 aliphatic rings. The summed E-state index contributed by atoms with van der Waals surface area (Å²) >= 11 is 0. The van der Waals surface area contributed by atoms with Crippen LogP contribution >= 0.6 is 0 Å². The number of aryl methyl sites for hydroxylation is 1. The first-order valence-electron chi connectivity index (χ1n) is 12.2. The summed E-state index contributed by atoms with van der Waals surface area (Å²) in [5.41, 5.74) is 4.00. The van der Waals surface area contributed by atoms with E-state index in [0.29, 0.717) is 12.5 Å². The number of ether oxygens (including phenoxy) is 1. The highest BCUT2D eigenvalue weighted by Gasteiger charge is 2.20. The lowest BCUT2D eigenvalue weighted by molar-refractivity contribution is 0.0988. The molecular weight excluding hydrogens is 440 g/mol. The van der Waals surface area contributed by atoms with E-state index in [2.05, 4.69) is 38.6 Å². The van der Waals surface area contributed by atoms with E-state index >= 15 is 0 Å². The maximum Gasteiger partial charge on any atom is 0.294 e. The molecule has 4 aromatic rings. The van der Waals surface area contributed by atoms with Crippen LogP contribution in [0, 0.1) is 12.8 Å². The SMILES string of the molecule is Cc1ccc2c(OCCN3CCC(Cc4cccc(NC(=O)c5ccno5)c4)CC3)cccc2n1. The van der Waals surface area contributed by atoms with Gasteiger partial charge in [0.2, 0.25) is 5.76 Å². The lowest BCUT2D eigenvalue weighted by Gasteiger charge is -2.32. The highest BCUT2D eigenvalue weighted by Crippen LogP contribution is 2.26. The van der Waals surface area contributed by atoms with Crippen LogP contribution in [0.2, 0.25) is 0 Å². The van der Waals surface area contributed by atoms with Crippen LogP contribution < -0.4 is 10.1 Å². The number of benzene rings is 2. The van der Waals surface area contributed by atoms with Crippen molar-refractivity contribution in [1.82, 2.24) is 15.0 Å². The smallest absolute Gasteiger partial charge is 0.294 e. The second-order valence-corrected chi connectivity index (χ2v) is 9.14. The number of amides is 1. The van der Waals surface area contributed by atoms with Gasteiger partial charge >= 0.3 is 0 Å². The van der Waals surface area contributed by atoms with Crippen molar-refractivity contribution >= 4 is 22.5 Å². The van der Waals surface area contributed by atoms with Crippen molar-refractivity contribution in [2.75, 3.05) is 31.6 Å². The van der Waals surface area contributed by atoms with Crippen LogP contribution in [0.15, 0.2) is 71.4 Å². The van der Waals surface area contributed by atoms with E-state index in [1.54, 1.807) is 6.07 Å². The summed E-state index contributed by atoms with van der Waals surface area (Å²) in [6, 6.07) is 19.8. The fourth-order valence-electron chi connectivity index (χ4n) is 4.69. The quantitative estimate of drug-likeness (QED) is 0.385. The van der Waals surface area contributed by atoms with E-state index in [9.17, 15) is 4.79 Å². The molecule has 1 fully saturated rings. The zero-order chi connectivity index (χ0) is 24.0. The van der Waals surface area contributed by atoms with Crippen molar-refractivity contribution in [3.05, 3.63) is 83.9 Å². The molecule has 0 radical (unpaired) electrons. The van der Waals surface area contributed by atoms with Gasteiger partial charge in [0.1, 0.15) is 12.4 Å². The summed E-state index contributed by atoms with van der Waals surface area (Å²) in [5, 5.41) is 7.53. The molecule has 1 aliphatic heterocycles. The lowest BCUT2D eigenvalue weighted by Crippen LogP contribution is -2.37. The van der Waals surface area contributed by atoms with E-state index in [0.717, 1.165) is 66.9 Å². The zero-order valence-electron chi connectivity index (χ0n) is 19.9. The number of pyridine rings is 1. The minimum Gasteiger partial charge on any atom is -0.492 e. The molecule has 3 heterocycles. The summed E-state index contributed by atoms with van der Waals surface area (Å²) in [4.78, 5) is 19.3. The van der Waals surface area contributed by atoms with Gasteiger partial charge in [0.25, 0.3) is 5.91 Å². The number of hydrogen-bond donors (Lipinski definition) is 1. The Hall–Kier alpha value is -3.71. The molecule has 0 atom stereocenters. The summed E-state index contributed by atoms with van der Waals surface area (Å²) in [7, 11) is 0. The Balaban J connectivity index is 1.08. The largest absolute Gasteiger partial charge is 0.492 e. The van der Waals surface area contributed by atoms with E-state index in [-0.39, 0.29) is 11.7 Å². The predicted molar refractivity (Wildman–Crippen MR) is 136 cm³/mol. The topological polar surface area (TPSA) is 80.5 Å². The van der Waals surface area contributed by atoms with Gasteiger partial charge in [0, 0.05) is 29.4 Å². The summed E-state index contributed by atoms with van der Waals surface area (Å²) in [6.45, 7) is 5.75. The normalized spacial score (nSPS) is 14.8. The molecule has 0 aliphatic carbocycles. The van der Waals surface area contributed by atoms with Crippen LogP contribution in [0.5, 0.6) is 5.75 Å². The number of hydrogen-bond acceptors (Lipinski definition) is 6. The number of anilines is 1. The van der Waals surface area contributed by atoms with Gasteiger partial charge in [0.15, 0.2) is 0 Å². The predicted octanol–water partition coefficient (Wildman–Crippen LogP) is 5.12. The van der Waals surface area contributed by atoms with Crippen LogP contribution in [-0.4, -0.2) is 47.2 Å². The fraction of sp³-hybridized carbons (Fsp3) is 0.321. The van der Waals surface area contributed by atoms with Crippen molar-refractivity contribution in [3.63, 3.8) is 0 Å². The van der Waals surface area contributed by atoms with Gasteiger partial charge in [-0.15, -0.1) is 0 Å². The first kappa shape index (κ1) is 23.1. The van der Waals surface area contributed by atoms with Gasteiger partial charge in [-0.05, 0) is 87.2 Å². The molecule has 0 unspecified atom stereocenters. The Labute approximate surface area is 205 Å². The Morgan fingerprint density at radius 2 is 1.97 bits per heavy atom. The number of piperidine rings is 1. The first-order valence-corrected chi connectivity index (χ1v) is 12.2. The molecule has 2 aromatic carbocycles. The minimum atomic E-state index is -0.287. The molecule has 0 saturated carbocycles. The fourth-order valence-corrected chi connectivity index (χ4v) is 4.69. The highest BCUT2D eigenvalue weighted by atomic mass is 16.5. The maximum absolute atomic E-state index is 12.2. The van der Waals surface area contributed by atoms with Gasteiger partial charge in [-0.25, -0.2) is 0 Å². The first-order chi connectivity index (χ1) is 17.1. The van der Waals surface area contributed by atoms with Gasteiger partial charge < -0.3 is 14.6 Å². The average Bonchev–Trinajstić information content (AvgIpc) is 3.41. The van der Waals surface area contributed by atoms with E-state index in [4.69, 9.17) is 9.26 Å².